The van der Waals surface area contributed by atoms with Crippen LogP contribution < -0.4 is 88.7 Å². The normalized spacial score (nSPS) is 20.2. The topological polar surface area (TPSA) is 0 Å². The summed E-state index contributed by atoms with van der Waals surface area (Å²) in [6.07, 6.45) is 0. The van der Waals surface area contributed by atoms with E-state index in [2.05, 4.69) is 243 Å². The second-order valence-electron chi connectivity index (χ2n) is 2.14. The number of halogens is 18. The van der Waals surface area contributed by atoms with E-state index >= 15 is 0 Å². The van der Waals surface area contributed by atoms with Crippen LogP contribution in [-0.2, 0) is 2.64 Å². The van der Waals surface area contributed by atoms with Gasteiger partial charge in [-0.1, -0.05) is 0 Å². The molecular weight excluding hydrogens is 2080 g/mol. The molecule has 0 amide bonds. The minimum atomic E-state index is -3.29. The summed E-state index contributed by atoms with van der Waals surface area (Å²) in [5.74, 6) is 0. The Morgan fingerprint density at radius 1 is 0.208 bits per heavy atom. The van der Waals surface area contributed by atoms with Gasteiger partial charge < -0.3 is 0 Å². The summed E-state index contributed by atoms with van der Waals surface area (Å²) < 4.78 is -9.87. The Labute approximate surface area is 322 Å². The van der Waals surface area contributed by atoms with Crippen LogP contribution in [0.3, 0.4) is 0 Å². The van der Waals surface area contributed by atoms with Crippen LogP contribution in [0.5, 0.6) is 0 Å². The third-order valence-electron chi connectivity index (χ3n) is 0. The fourth-order valence-corrected chi connectivity index (χ4v) is 0. The van der Waals surface area contributed by atoms with Gasteiger partial charge >= 0.3 is 334 Å². The van der Waals surface area contributed by atoms with Gasteiger partial charge in [0.1, 0.15) is 0 Å². The van der Waals surface area contributed by atoms with Crippen molar-refractivity contribution >= 4 is 243 Å². The molecule has 0 spiro atoms. The van der Waals surface area contributed by atoms with Gasteiger partial charge in [0, 0.05) is 0 Å². The van der Waals surface area contributed by atoms with Crippen LogP contribution in [0.4, 0.5) is 0 Å². The molecule has 0 unspecified atom stereocenters. The first-order chi connectivity index (χ1) is 7.35. The zero-order valence-electron chi connectivity index (χ0n) is 10.8. The van der Waals surface area contributed by atoms with E-state index in [1.54, 1.807) is 0 Å². The molecular formula is Br18Ir3Na3-3. The molecule has 0 aromatic rings. The first-order valence-electron chi connectivity index (χ1n) is 2.27. The van der Waals surface area contributed by atoms with E-state index in [9.17, 15) is 0 Å². The van der Waals surface area contributed by atoms with Crippen LogP contribution in [0.25, 0.3) is 0 Å². The zero-order valence-corrected chi connectivity index (χ0v) is 52.5. The Bertz CT molecular complexity index is 273. The van der Waals surface area contributed by atoms with Gasteiger partial charge in [0.05, 0.1) is 0 Å². The molecule has 0 heterocycles. The van der Waals surface area contributed by atoms with Gasteiger partial charge in [-0.25, -0.2) is 0 Å². The van der Waals surface area contributed by atoms with Gasteiger partial charge in [-0.2, -0.15) is 0 Å². The Hall–Kier alpha value is 13.6. The maximum atomic E-state index is 3.35. The van der Waals surface area contributed by atoms with Gasteiger partial charge in [-0.15, -0.1) is 0 Å². The SMILES string of the molecule is [Br][Ir-2]([Br])([Br])([Br])([Br])[Br].[Br][Ir-2]([Br])([Br])([Br])([Br])[Br].[Br][Ir-2]([Br])([Br])([Br])([Br])[Br].[Na+].[Na+].[Na+]. The molecule has 0 fully saturated rings. The number of hydrogen-bond donors (Lipinski definition) is 0. The maximum Gasteiger partial charge on any atom is 1.00 e. The first-order valence-corrected chi connectivity index (χ1v) is 96.5. The molecule has 0 bridgehead atoms. The minimum Gasteiger partial charge on any atom is 1.00 e. The predicted octanol–water partition coefficient (Wildman–Crippen LogP) is 6.23. The van der Waals surface area contributed by atoms with E-state index in [-0.39, 0.29) is 88.7 Å². The molecule has 0 saturated carbocycles. The predicted molar refractivity (Wildman–Crippen MR) is 161 cm³/mol. The molecule has 0 saturated heterocycles. The van der Waals surface area contributed by atoms with Crippen LogP contribution in [0.1, 0.15) is 0 Å². The van der Waals surface area contributed by atoms with Gasteiger partial charge in [-0.3, -0.25) is 0 Å². The van der Waals surface area contributed by atoms with E-state index in [4.69, 9.17) is 0 Å². The number of rotatable bonds is 0. The van der Waals surface area contributed by atoms with Crippen molar-refractivity contribution < 1.29 is 91.3 Å². The quantitative estimate of drug-likeness (QED) is 0.253. The molecule has 0 nitrogen and oxygen atoms in total. The van der Waals surface area contributed by atoms with E-state index in [0.29, 0.717) is 0 Å². The Morgan fingerprint density at radius 3 is 0.208 bits per heavy atom. The van der Waals surface area contributed by atoms with Crippen molar-refractivity contribution in [1.82, 2.24) is 0 Å². The van der Waals surface area contributed by atoms with Crippen molar-refractivity contribution in [2.24, 2.45) is 0 Å². The van der Waals surface area contributed by atoms with Gasteiger partial charge in [0.2, 0.25) is 0 Å². The molecule has 0 rings (SSSR count). The third-order valence-corrected chi connectivity index (χ3v) is 0. The standard InChI is InChI=1S/18BrH.3Ir.3Na/h18*1H;;;;;;/q;;;;;;;;;;;;;;;;;;3*+4;3*+1/p-18. The Kier molecular flexibility index (Phi) is 28.4. The van der Waals surface area contributed by atoms with Gasteiger partial charge in [-0.05, 0) is 0 Å². The summed E-state index contributed by atoms with van der Waals surface area (Å²) in [5.41, 5.74) is 0. The maximum absolute atomic E-state index is 3.35. The van der Waals surface area contributed by atoms with E-state index in [0.717, 1.165) is 0 Å². The Balaban J connectivity index is -0.0000000476. The molecule has 0 aliphatic rings. The van der Waals surface area contributed by atoms with E-state index in [1.165, 1.54) is 0 Å². The molecule has 24 heteroatoms. The van der Waals surface area contributed by atoms with Crippen LogP contribution >= 0.6 is 243 Å². The smallest absolute Gasteiger partial charge is 1.00 e. The summed E-state index contributed by atoms with van der Waals surface area (Å²) >= 11 is 60.4. The summed E-state index contributed by atoms with van der Waals surface area (Å²) in [7, 11) is 0. The van der Waals surface area contributed by atoms with Gasteiger partial charge in [0.15, 0.2) is 0 Å². The van der Waals surface area contributed by atoms with Crippen molar-refractivity contribution in [3.05, 3.63) is 0 Å². The van der Waals surface area contributed by atoms with Crippen LogP contribution in [0.2, 0.25) is 0 Å². The second kappa shape index (κ2) is 13.5. The summed E-state index contributed by atoms with van der Waals surface area (Å²) in [6.45, 7) is 0. The van der Waals surface area contributed by atoms with Crippen molar-refractivity contribution in [1.29, 1.82) is 0 Å². The molecule has 0 aromatic carbocycles. The fraction of sp³-hybridized carbons (Fsp3) is 0. The molecule has 0 aromatic heterocycles. The molecule has 0 N–H and O–H groups in total. The second-order valence-corrected chi connectivity index (χ2v) is 474. The monoisotopic (exact) mass is 2070 g/mol. The molecule has 0 aliphatic carbocycles. The average Bonchev–Trinajstić information content (AvgIpc) is 1.19. The fourth-order valence-electron chi connectivity index (χ4n) is 0. The molecule has 24 heavy (non-hydrogen) atoms. The average molecular weight is 2080 g/mol. The summed E-state index contributed by atoms with van der Waals surface area (Å²) in [5, 5.41) is 0. The van der Waals surface area contributed by atoms with Crippen LogP contribution in [0, 0.1) is 0 Å². The molecule has 0 aliphatic heterocycles. The van der Waals surface area contributed by atoms with E-state index in [1.807, 2.05) is 0 Å². The van der Waals surface area contributed by atoms with Crippen LogP contribution in [0.15, 0.2) is 0 Å². The molecule has 0 radical (unpaired) electrons. The van der Waals surface area contributed by atoms with Crippen molar-refractivity contribution in [3.8, 4) is 0 Å². The summed E-state index contributed by atoms with van der Waals surface area (Å²) in [4.78, 5) is 0. The minimum absolute atomic E-state index is 0. The van der Waals surface area contributed by atoms with Gasteiger partial charge in [0.25, 0.3) is 0 Å². The largest absolute Gasteiger partial charge is 1.00 e. The van der Waals surface area contributed by atoms with Crippen LogP contribution in [-0.4, -0.2) is 0 Å². The zero-order chi connectivity index (χ0) is 19.2. The molecule has 0 atom stereocenters. The first kappa shape index (κ1) is 50.4. The molecule has 159 valence electrons. The van der Waals surface area contributed by atoms with Crippen molar-refractivity contribution in [3.63, 3.8) is 0 Å². The number of hydrogen-bond acceptors (Lipinski definition) is 0. The van der Waals surface area contributed by atoms with E-state index < -0.39 is 2.64 Å². The van der Waals surface area contributed by atoms with Crippen molar-refractivity contribution in [2.45, 2.75) is 0 Å². The Morgan fingerprint density at radius 2 is 0.208 bits per heavy atom. The third kappa shape index (κ3) is 231. The van der Waals surface area contributed by atoms with Crippen molar-refractivity contribution in [2.75, 3.05) is 0 Å². The summed E-state index contributed by atoms with van der Waals surface area (Å²) in [6, 6.07) is 0.